The molecule has 0 saturated heterocycles. The standard InChI is InChI=1S/C15H21BrS/c1-17-11-5-9-13-8-4-7-12-6-2-3-10-14(12)15(13)16/h2-3,6,10,13,15H,4-5,7-9,11H2,1H3. The first kappa shape index (κ1) is 13.5. The highest BCUT2D eigenvalue weighted by atomic mass is 79.9. The summed E-state index contributed by atoms with van der Waals surface area (Å²) in [5.41, 5.74) is 3.10. The number of fused-ring (bicyclic) bond motifs is 1. The Labute approximate surface area is 118 Å². The van der Waals surface area contributed by atoms with Crippen LogP contribution >= 0.6 is 27.7 Å². The summed E-state index contributed by atoms with van der Waals surface area (Å²) in [4.78, 5) is 0.572. The van der Waals surface area contributed by atoms with Gasteiger partial charge in [0.1, 0.15) is 0 Å². The van der Waals surface area contributed by atoms with Gasteiger partial charge in [0, 0.05) is 4.83 Å². The van der Waals surface area contributed by atoms with Crippen molar-refractivity contribution in [2.75, 3.05) is 12.0 Å². The van der Waals surface area contributed by atoms with Gasteiger partial charge < -0.3 is 0 Å². The third-order valence-corrected chi connectivity index (χ3v) is 5.65. The van der Waals surface area contributed by atoms with E-state index in [2.05, 4.69) is 46.5 Å². The highest BCUT2D eigenvalue weighted by Crippen LogP contribution is 2.41. The van der Waals surface area contributed by atoms with Crippen molar-refractivity contribution in [3.8, 4) is 0 Å². The lowest BCUT2D eigenvalue weighted by Gasteiger charge is -2.21. The minimum atomic E-state index is 0.572. The van der Waals surface area contributed by atoms with E-state index < -0.39 is 0 Å². The molecule has 17 heavy (non-hydrogen) atoms. The smallest absolute Gasteiger partial charge is 0.0426 e. The molecule has 2 rings (SSSR count). The maximum absolute atomic E-state index is 3.95. The lowest BCUT2D eigenvalue weighted by Crippen LogP contribution is -2.07. The van der Waals surface area contributed by atoms with E-state index in [0.29, 0.717) is 4.83 Å². The molecule has 0 radical (unpaired) electrons. The molecule has 0 heterocycles. The van der Waals surface area contributed by atoms with E-state index in [1.165, 1.54) is 37.9 Å². The van der Waals surface area contributed by atoms with Gasteiger partial charge in [-0.15, -0.1) is 0 Å². The fraction of sp³-hybridized carbons (Fsp3) is 0.600. The number of aryl methyl sites for hydroxylation is 1. The number of hydrogen-bond donors (Lipinski definition) is 0. The Kier molecular flexibility index (Phi) is 5.43. The minimum absolute atomic E-state index is 0.572. The van der Waals surface area contributed by atoms with Crippen molar-refractivity contribution in [1.82, 2.24) is 0 Å². The van der Waals surface area contributed by atoms with Crippen LogP contribution in [0.2, 0.25) is 0 Å². The third kappa shape index (κ3) is 3.51. The van der Waals surface area contributed by atoms with Crippen molar-refractivity contribution in [2.24, 2.45) is 5.92 Å². The zero-order valence-electron chi connectivity index (χ0n) is 10.5. The Balaban J connectivity index is 2.06. The summed E-state index contributed by atoms with van der Waals surface area (Å²) in [5, 5.41) is 0. The molecule has 0 amide bonds. The van der Waals surface area contributed by atoms with Crippen LogP contribution in [0.3, 0.4) is 0 Å². The van der Waals surface area contributed by atoms with E-state index >= 15 is 0 Å². The summed E-state index contributed by atoms with van der Waals surface area (Å²) in [7, 11) is 0. The van der Waals surface area contributed by atoms with E-state index in [1.54, 1.807) is 11.1 Å². The van der Waals surface area contributed by atoms with Gasteiger partial charge in [-0.2, -0.15) is 11.8 Å². The first-order valence-corrected chi connectivity index (χ1v) is 8.84. The van der Waals surface area contributed by atoms with Crippen LogP contribution in [-0.2, 0) is 6.42 Å². The van der Waals surface area contributed by atoms with Crippen LogP contribution in [0.5, 0.6) is 0 Å². The van der Waals surface area contributed by atoms with Crippen LogP contribution in [0, 0.1) is 5.92 Å². The molecule has 1 aromatic rings. The number of rotatable bonds is 4. The van der Waals surface area contributed by atoms with Gasteiger partial charge >= 0.3 is 0 Å². The maximum Gasteiger partial charge on any atom is 0.0426 e. The highest BCUT2D eigenvalue weighted by molar-refractivity contribution is 9.09. The van der Waals surface area contributed by atoms with Gasteiger partial charge in [0.2, 0.25) is 0 Å². The van der Waals surface area contributed by atoms with Crippen molar-refractivity contribution < 1.29 is 0 Å². The van der Waals surface area contributed by atoms with Gasteiger partial charge in [0.25, 0.3) is 0 Å². The van der Waals surface area contributed by atoms with Crippen LogP contribution in [0.15, 0.2) is 24.3 Å². The van der Waals surface area contributed by atoms with Gasteiger partial charge in [-0.05, 0) is 61.2 Å². The molecule has 0 spiro atoms. The van der Waals surface area contributed by atoms with Crippen molar-refractivity contribution in [3.63, 3.8) is 0 Å². The molecule has 1 aliphatic rings. The summed E-state index contributed by atoms with van der Waals surface area (Å²) in [5.74, 6) is 2.13. The van der Waals surface area contributed by atoms with Crippen molar-refractivity contribution >= 4 is 27.7 Å². The number of alkyl halides is 1. The summed E-state index contributed by atoms with van der Waals surface area (Å²) in [6.45, 7) is 0. The average molecular weight is 313 g/mol. The Bertz CT molecular complexity index is 351. The first-order chi connectivity index (χ1) is 8.33. The van der Waals surface area contributed by atoms with Crippen LogP contribution in [0.25, 0.3) is 0 Å². The second-order valence-corrected chi connectivity index (χ2v) is 6.86. The Morgan fingerprint density at radius 3 is 3.00 bits per heavy atom. The van der Waals surface area contributed by atoms with E-state index in [-0.39, 0.29) is 0 Å². The van der Waals surface area contributed by atoms with Crippen molar-refractivity contribution in [1.29, 1.82) is 0 Å². The minimum Gasteiger partial charge on any atom is -0.165 e. The van der Waals surface area contributed by atoms with Gasteiger partial charge in [-0.3, -0.25) is 0 Å². The summed E-state index contributed by atoms with van der Waals surface area (Å²) < 4.78 is 0. The molecule has 0 bridgehead atoms. The van der Waals surface area contributed by atoms with Gasteiger partial charge in [0.05, 0.1) is 0 Å². The molecular weight excluding hydrogens is 292 g/mol. The SMILES string of the molecule is CSCCCC1CCCc2ccccc2C1Br. The zero-order valence-corrected chi connectivity index (χ0v) is 12.9. The molecule has 0 fully saturated rings. The lowest BCUT2D eigenvalue weighted by atomic mass is 9.93. The second kappa shape index (κ2) is 6.84. The highest BCUT2D eigenvalue weighted by Gasteiger charge is 2.24. The summed E-state index contributed by atoms with van der Waals surface area (Å²) >= 11 is 5.92. The monoisotopic (exact) mass is 312 g/mol. The fourth-order valence-corrected chi connectivity index (χ4v) is 4.20. The Morgan fingerprint density at radius 1 is 1.35 bits per heavy atom. The molecule has 1 aromatic carbocycles. The normalized spacial score (nSPS) is 24.1. The van der Waals surface area contributed by atoms with Gasteiger partial charge in [-0.25, -0.2) is 0 Å². The number of hydrogen-bond acceptors (Lipinski definition) is 1. The molecule has 0 N–H and O–H groups in total. The molecule has 2 heteroatoms. The van der Waals surface area contributed by atoms with E-state index in [0.717, 1.165) is 5.92 Å². The Morgan fingerprint density at radius 2 is 2.18 bits per heavy atom. The van der Waals surface area contributed by atoms with E-state index in [9.17, 15) is 0 Å². The third-order valence-electron chi connectivity index (χ3n) is 3.71. The largest absolute Gasteiger partial charge is 0.165 e. The van der Waals surface area contributed by atoms with Gasteiger partial charge in [-0.1, -0.05) is 40.2 Å². The molecule has 0 nitrogen and oxygen atoms in total. The van der Waals surface area contributed by atoms with E-state index in [1.807, 2.05) is 11.8 Å². The van der Waals surface area contributed by atoms with E-state index in [4.69, 9.17) is 0 Å². The van der Waals surface area contributed by atoms with Crippen LogP contribution in [0.4, 0.5) is 0 Å². The van der Waals surface area contributed by atoms with Crippen molar-refractivity contribution in [3.05, 3.63) is 35.4 Å². The molecular formula is C15H21BrS. The number of thioether (sulfide) groups is 1. The first-order valence-electron chi connectivity index (χ1n) is 6.53. The molecule has 2 atom stereocenters. The second-order valence-electron chi connectivity index (χ2n) is 4.89. The quantitative estimate of drug-likeness (QED) is 0.417. The number of halogens is 1. The Hall–Kier alpha value is 0.0500. The fourth-order valence-electron chi connectivity index (χ4n) is 2.77. The molecule has 94 valence electrons. The van der Waals surface area contributed by atoms with Crippen LogP contribution in [-0.4, -0.2) is 12.0 Å². The predicted molar refractivity (Wildman–Crippen MR) is 82.2 cm³/mol. The van der Waals surface area contributed by atoms with Gasteiger partial charge in [0.15, 0.2) is 0 Å². The summed E-state index contributed by atoms with van der Waals surface area (Å²) in [6, 6.07) is 8.96. The predicted octanol–water partition coefficient (Wildman–Crippen LogP) is 5.22. The van der Waals surface area contributed by atoms with Crippen LogP contribution in [0.1, 0.15) is 41.6 Å². The lowest BCUT2D eigenvalue weighted by molar-refractivity contribution is 0.440. The zero-order chi connectivity index (χ0) is 12.1. The molecule has 0 aliphatic heterocycles. The summed E-state index contributed by atoms with van der Waals surface area (Å²) in [6.07, 6.45) is 8.91. The maximum atomic E-state index is 3.95. The topological polar surface area (TPSA) is 0 Å². The van der Waals surface area contributed by atoms with Crippen molar-refractivity contribution in [2.45, 2.75) is 36.9 Å². The van der Waals surface area contributed by atoms with Crippen LogP contribution < -0.4 is 0 Å². The molecule has 1 aliphatic carbocycles. The average Bonchev–Trinajstić information content (AvgIpc) is 2.51. The molecule has 0 aromatic heterocycles. The number of benzene rings is 1. The molecule has 2 unspecified atom stereocenters. The molecule has 0 saturated carbocycles.